The monoisotopic (exact) mass is 420 g/mol. The topological polar surface area (TPSA) is 101 Å². The number of rotatable bonds is 7. The molecule has 1 aliphatic heterocycles. The van der Waals surface area contributed by atoms with Crippen LogP contribution in [0.2, 0.25) is 0 Å². The van der Waals surface area contributed by atoms with Gasteiger partial charge in [0.1, 0.15) is 16.8 Å². The van der Waals surface area contributed by atoms with Gasteiger partial charge >= 0.3 is 0 Å². The Labute approximate surface area is 159 Å². The van der Waals surface area contributed by atoms with E-state index in [1.165, 1.54) is 17.0 Å². The van der Waals surface area contributed by atoms with E-state index in [-0.39, 0.29) is 25.4 Å². The van der Waals surface area contributed by atoms with E-state index in [0.29, 0.717) is 6.42 Å². The van der Waals surface area contributed by atoms with Crippen LogP contribution in [0.5, 0.6) is 0 Å². The fourth-order valence-corrected chi connectivity index (χ4v) is 5.35. The summed E-state index contributed by atoms with van der Waals surface area (Å²) in [6, 6.07) is 3.84. The fourth-order valence-electron chi connectivity index (χ4n) is 3.08. The number of halogens is 1. The minimum atomic E-state index is -4.24. The highest BCUT2D eigenvalue weighted by Crippen LogP contribution is 2.21. The van der Waals surface area contributed by atoms with Crippen LogP contribution in [0.15, 0.2) is 29.2 Å². The zero-order chi connectivity index (χ0) is 20.4. The molecule has 0 spiro atoms. The van der Waals surface area contributed by atoms with Gasteiger partial charge in [-0.3, -0.25) is 4.79 Å². The molecule has 10 heteroatoms. The van der Waals surface area contributed by atoms with Crippen LogP contribution in [0.1, 0.15) is 26.7 Å². The lowest BCUT2D eigenvalue weighted by Gasteiger charge is -2.25. The van der Waals surface area contributed by atoms with Gasteiger partial charge in [-0.2, -0.15) is 4.72 Å². The Morgan fingerprint density at radius 2 is 1.89 bits per heavy atom. The number of sulfonamides is 1. The summed E-state index contributed by atoms with van der Waals surface area (Å²) in [5.41, 5.74) is 0. The van der Waals surface area contributed by atoms with E-state index >= 15 is 0 Å². The normalized spacial score (nSPS) is 19.4. The molecule has 1 aromatic carbocycles. The molecule has 1 saturated heterocycles. The molecular formula is C17H25FN2O5S2. The second-order valence-electron chi connectivity index (χ2n) is 7.26. The number of carbonyl (C=O) groups is 1. The Morgan fingerprint density at radius 1 is 1.26 bits per heavy atom. The van der Waals surface area contributed by atoms with Gasteiger partial charge in [0.25, 0.3) is 0 Å². The lowest BCUT2D eigenvalue weighted by atomic mass is 10.0. The maximum atomic E-state index is 13.9. The molecule has 2 rings (SSSR count). The van der Waals surface area contributed by atoms with Gasteiger partial charge < -0.3 is 4.90 Å². The van der Waals surface area contributed by atoms with Gasteiger partial charge in [-0.05, 0) is 30.9 Å². The van der Waals surface area contributed by atoms with E-state index in [9.17, 15) is 26.0 Å². The Bertz CT molecular complexity index is 900. The van der Waals surface area contributed by atoms with Crippen LogP contribution in [0.3, 0.4) is 0 Å². The van der Waals surface area contributed by atoms with Crippen molar-refractivity contribution in [2.24, 2.45) is 5.92 Å². The first kappa shape index (κ1) is 21.8. The van der Waals surface area contributed by atoms with Crippen LogP contribution >= 0.6 is 0 Å². The summed E-state index contributed by atoms with van der Waals surface area (Å²) in [4.78, 5) is 13.7. The maximum Gasteiger partial charge on any atom is 0.244 e. The molecule has 1 aliphatic rings. The van der Waals surface area contributed by atoms with Gasteiger partial charge in [0.05, 0.1) is 5.25 Å². The standard InChI is InChI=1S/C17H25FN2O5S2/c1-12(2)10-15(17(21)20-9-8-13(11-20)26(3,22)23)19-27(24,25)16-7-5-4-6-14(16)18/h4-7,12-13,15,19H,8-11H2,1-3H3. The highest BCUT2D eigenvalue weighted by atomic mass is 32.2. The molecule has 1 aromatic rings. The number of nitrogens with zero attached hydrogens (tertiary/aromatic N) is 1. The van der Waals surface area contributed by atoms with Crippen molar-refractivity contribution in [2.45, 2.75) is 42.9 Å². The molecule has 7 nitrogen and oxygen atoms in total. The lowest BCUT2D eigenvalue weighted by molar-refractivity contribution is -0.132. The number of benzene rings is 1. The number of amides is 1. The molecule has 0 saturated carbocycles. The minimum absolute atomic E-state index is 0.00409. The van der Waals surface area contributed by atoms with Gasteiger partial charge in [0.2, 0.25) is 15.9 Å². The summed E-state index contributed by atoms with van der Waals surface area (Å²) in [5, 5.41) is -0.649. The number of hydrogen-bond donors (Lipinski definition) is 1. The highest BCUT2D eigenvalue weighted by Gasteiger charge is 2.37. The minimum Gasteiger partial charge on any atom is -0.340 e. The average Bonchev–Trinajstić information content (AvgIpc) is 3.03. The summed E-state index contributed by atoms with van der Waals surface area (Å²) < 4.78 is 64.8. The smallest absolute Gasteiger partial charge is 0.244 e. The number of sulfone groups is 1. The van der Waals surface area contributed by atoms with Crippen molar-refractivity contribution in [2.75, 3.05) is 19.3 Å². The number of nitrogens with one attached hydrogen (secondary N) is 1. The van der Waals surface area contributed by atoms with Gasteiger partial charge in [0.15, 0.2) is 9.84 Å². The number of carbonyl (C=O) groups excluding carboxylic acids is 1. The van der Waals surface area contributed by atoms with Crippen molar-refractivity contribution in [1.82, 2.24) is 9.62 Å². The molecule has 0 aliphatic carbocycles. The number of hydrogen-bond acceptors (Lipinski definition) is 5. The molecule has 1 N–H and O–H groups in total. The second-order valence-corrected chi connectivity index (χ2v) is 11.3. The molecule has 0 aromatic heterocycles. The third-order valence-electron chi connectivity index (χ3n) is 4.49. The molecule has 1 fully saturated rings. The van der Waals surface area contributed by atoms with E-state index in [4.69, 9.17) is 0 Å². The van der Waals surface area contributed by atoms with Crippen LogP contribution in [-0.2, 0) is 24.7 Å². The summed E-state index contributed by atoms with van der Waals surface area (Å²) in [5.74, 6) is -1.40. The molecular weight excluding hydrogens is 395 g/mol. The first-order valence-electron chi connectivity index (χ1n) is 8.66. The van der Waals surface area contributed by atoms with Gasteiger partial charge in [-0.25, -0.2) is 21.2 Å². The molecule has 2 unspecified atom stereocenters. The molecule has 1 heterocycles. The summed E-state index contributed by atoms with van der Waals surface area (Å²) >= 11 is 0. The van der Waals surface area contributed by atoms with Crippen LogP contribution < -0.4 is 4.72 Å². The summed E-state index contributed by atoms with van der Waals surface area (Å²) in [6.07, 6.45) is 1.66. The first-order valence-corrected chi connectivity index (χ1v) is 12.1. The van der Waals surface area contributed by atoms with E-state index in [0.717, 1.165) is 18.4 Å². The Hall–Kier alpha value is -1.52. The lowest BCUT2D eigenvalue weighted by Crippen LogP contribution is -2.49. The fraction of sp³-hybridized carbons (Fsp3) is 0.588. The third-order valence-corrected chi connectivity index (χ3v) is 7.59. The van der Waals surface area contributed by atoms with Crippen LogP contribution in [0, 0.1) is 11.7 Å². The highest BCUT2D eigenvalue weighted by molar-refractivity contribution is 7.91. The second kappa shape index (κ2) is 8.24. The van der Waals surface area contributed by atoms with Crippen molar-refractivity contribution in [3.05, 3.63) is 30.1 Å². The Morgan fingerprint density at radius 3 is 2.41 bits per heavy atom. The number of likely N-dealkylation sites (tertiary alicyclic amines) is 1. The SMILES string of the molecule is CC(C)CC(NS(=O)(=O)c1ccccc1F)C(=O)N1CCC(S(C)(=O)=O)C1. The van der Waals surface area contributed by atoms with E-state index in [2.05, 4.69) is 4.72 Å². The zero-order valence-corrected chi connectivity index (χ0v) is 17.2. The summed E-state index contributed by atoms with van der Waals surface area (Å²) in [7, 11) is -7.53. The quantitative estimate of drug-likeness (QED) is 0.714. The van der Waals surface area contributed by atoms with Crippen molar-refractivity contribution in [1.29, 1.82) is 0 Å². The molecule has 2 atom stereocenters. The van der Waals surface area contributed by atoms with Crippen molar-refractivity contribution in [3.63, 3.8) is 0 Å². The van der Waals surface area contributed by atoms with E-state index in [1.54, 1.807) is 0 Å². The van der Waals surface area contributed by atoms with Crippen LogP contribution in [-0.4, -0.2) is 58.3 Å². The molecule has 27 heavy (non-hydrogen) atoms. The molecule has 152 valence electrons. The Kier molecular flexibility index (Phi) is 6.64. The average molecular weight is 421 g/mol. The summed E-state index contributed by atoms with van der Waals surface area (Å²) in [6.45, 7) is 3.95. The first-order chi connectivity index (χ1) is 12.4. The molecule has 1 amide bonds. The molecule has 0 radical (unpaired) electrons. The molecule has 0 bridgehead atoms. The Balaban J connectivity index is 2.23. The van der Waals surface area contributed by atoms with Gasteiger partial charge in [0, 0.05) is 19.3 Å². The maximum absolute atomic E-state index is 13.9. The van der Waals surface area contributed by atoms with Gasteiger partial charge in [-0.1, -0.05) is 26.0 Å². The van der Waals surface area contributed by atoms with Crippen molar-refractivity contribution in [3.8, 4) is 0 Å². The van der Waals surface area contributed by atoms with E-state index < -0.39 is 47.8 Å². The third kappa shape index (κ3) is 5.49. The zero-order valence-electron chi connectivity index (χ0n) is 15.6. The van der Waals surface area contributed by atoms with Crippen molar-refractivity contribution >= 4 is 25.8 Å². The van der Waals surface area contributed by atoms with E-state index in [1.807, 2.05) is 13.8 Å². The van der Waals surface area contributed by atoms with Crippen LogP contribution in [0.4, 0.5) is 4.39 Å². The largest absolute Gasteiger partial charge is 0.340 e. The van der Waals surface area contributed by atoms with Gasteiger partial charge in [-0.15, -0.1) is 0 Å². The predicted octanol–water partition coefficient (Wildman–Crippen LogP) is 1.16. The van der Waals surface area contributed by atoms with Crippen molar-refractivity contribution < 1.29 is 26.0 Å². The predicted molar refractivity (Wildman–Crippen MR) is 99.8 cm³/mol. The van der Waals surface area contributed by atoms with Crippen LogP contribution in [0.25, 0.3) is 0 Å².